The predicted octanol–water partition coefficient (Wildman–Crippen LogP) is 5.60. The molecule has 0 amide bonds. The highest BCUT2D eigenvalue weighted by Crippen LogP contribution is 2.33. The lowest BCUT2D eigenvalue weighted by atomic mass is 9.89. The molecular formula is C19H21IO2. The number of hydrogen-bond acceptors (Lipinski definition) is 2. The molecule has 0 aromatic heterocycles. The molecule has 0 bridgehead atoms. The van der Waals surface area contributed by atoms with Crippen molar-refractivity contribution in [1.82, 2.24) is 0 Å². The Morgan fingerprint density at radius 3 is 2.55 bits per heavy atom. The van der Waals surface area contributed by atoms with E-state index in [0.29, 0.717) is 6.10 Å². The van der Waals surface area contributed by atoms with Crippen molar-refractivity contribution in [3.8, 4) is 5.75 Å². The molecule has 1 saturated carbocycles. The van der Waals surface area contributed by atoms with Crippen LogP contribution in [0.25, 0.3) is 10.8 Å². The van der Waals surface area contributed by atoms with Gasteiger partial charge in [-0.05, 0) is 84.0 Å². The summed E-state index contributed by atoms with van der Waals surface area (Å²) < 4.78 is 7.39. The first-order valence-electron chi connectivity index (χ1n) is 7.94. The third kappa shape index (κ3) is 3.29. The molecule has 0 N–H and O–H groups in total. The summed E-state index contributed by atoms with van der Waals surface area (Å²) in [5, 5.41) is 2.26. The molecule has 0 aliphatic heterocycles. The zero-order valence-corrected chi connectivity index (χ0v) is 15.2. The lowest BCUT2D eigenvalue weighted by Gasteiger charge is -2.27. The van der Waals surface area contributed by atoms with Crippen LogP contribution >= 0.6 is 22.6 Å². The Morgan fingerprint density at radius 2 is 1.86 bits per heavy atom. The van der Waals surface area contributed by atoms with Crippen molar-refractivity contribution in [2.24, 2.45) is 5.92 Å². The van der Waals surface area contributed by atoms with Gasteiger partial charge in [0.25, 0.3) is 0 Å². The summed E-state index contributed by atoms with van der Waals surface area (Å²) in [6.07, 6.45) is 5.17. The maximum Gasteiger partial charge on any atom is 0.159 e. The van der Waals surface area contributed by atoms with Crippen molar-refractivity contribution in [2.45, 2.75) is 45.6 Å². The highest BCUT2D eigenvalue weighted by Gasteiger charge is 2.20. The molecule has 3 heteroatoms. The molecule has 116 valence electrons. The van der Waals surface area contributed by atoms with E-state index in [9.17, 15) is 4.79 Å². The number of benzene rings is 2. The maximum absolute atomic E-state index is 11.5. The van der Waals surface area contributed by atoms with Crippen LogP contribution in [0.15, 0.2) is 30.3 Å². The van der Waals surface area contributed by atoms with Gasteiger partial charge in [-0.3, -0.25) is 4.79 Å². The third-order valence-electron chi connectivity index (χ3n) is 4.58. The first-order chi connectivity index (χ1) is 10.5. The van der Waals surface area contributed by atoms with Crippen LogP contribution in [0.5, 0.6) is 5.75 Å². The normalized spacial score (nSPS) is 21.8. The molecule has 2 aromatic carbocycles. The first kappa shape index (κ1) is 15.8. The van der Waals surface area contributed by atoms with Gasteiger partial charge in [-0.25, -0.2) is 0 Å². The van der Waals surface area contributed by atoms with Crippen molar-refractivity contribution in [1.29, 1.82) is 0 Å². The second-order valence-electron chi connectivity index (χ2n) is 6.37. The quantitative estimate of drug-likeness (QED) is 0.488. The summed E-state index contributed by atoms with van der Waals surface area (Å²) >= 11 is 2.36. The monoisotopic (exact) mass is 408 g/mol. The topological polar surface area (TPSA) is 26.3 Å². The number of ketones is 1. The minimum Gasteiger partial charge on any atom is -0.489 e. The zero-order chi connectivity index (χ0) is 15.7. The fourth-order valence-corrected chi connectivity index (χ4v) is 3.91. The smallest absolute Gasteiger partial charge is 0.159 e. The van der Waals surface area contributed by atoms with E-state index in [0.717, 1.165) is 44.4 Å². The van der Waals surface area contributed by atoms with Crippen LogP contribution in [0.3, 0.4) is 0 Å². The molecule has 0 unspecified atom stereocenters. The van der Waals surface area contributed by atoms with Crippen LogP contribution in [-0.4, -0.2) is 11.9 Å². The maximum atomic E-state index is 11.5. The average Bonchev–Trinajstić information content (AvgIpc) is 2.52. The standard InChI is InChI=1S/C19H21IO2/c1-12-3-7-16(8-4-12)22-18-10-6-15-11-14(13(2)21)5-9-17(15)19(18)20/h5-6,9-12,16H,3-4,7-8H2,1-2H3/t12-,16+. The average molecular weight is 408 g/mol. The number of hydrogen-bond donors (Lipinski definition) is 0. The van der Waals surface area contributed by atoms with E-state index in [1.807, 2.05) is 24.3 Å². The molecule has 0 radical (unpaired) electrons. The van der Waals surface area contributed by atoms with Gasteiger partial charge < -0.3 is 4.74 Å². The fourth-order valence-electron chi connectivity index (χ4n) is 3.11. The van der Waals surface area contributed by atoms with E-state index < -0.39 is 0 Å². The predicted molar refractivity (Wildman–Crippen MR) is 98.7 cm³/mol. The van der Waals surface area contributed by atoms with Gasteiger partial charge in [0, 0.05) is 5.56 Å². The number of halogens is 1. The van der Waals surface area contributed by atoms with Gasteiger partial charge in [-0.15, -0.1) is 0 Å². The van der Waals surface area contributed by atoms with Crippen molar-refractivity contribution >= 4 is 39.1 Å². The summed E-state index contributed by atoms with van der Waals surface area (Å²) in [5.41, 5.74) is 0.762. The Hall–Kier alpha value is -1.10. The van der Waals surface area contributed by atoms with Gasteiger partial charge in [0.1, 0.15) is 5.75 Å². The Kier molecular flexibility index (Phi) is 4.71. The summed E-state index contributed by atoms with van der Waals surface area (Å²) in [5.74, 6) is 1.91. The summed E-state index contributed by atoms with van der Waals surface area (Å²) in [6.45, 7) is 3.93. The second kappa shape index (κ2) is 6.57. The lowest BCUT2D eigenvalue weighted by Crippen LogP contribution is -2.23. The van der Waals surface area contributed by atoms with Crippen molar-refractivity contribution in [3.05, 3.63) is 39.5 Å². The molecule has 0 heterocycles. The summed E-state index contributed by atoms with van der Waals surface area (Å²) in [4.78, 5) is 11.5. The van der Waals surface area contributed by atoms with Gasteiger partial charge in [-0.1, -0.05) is 25.1 Å². The minimum atomic E-state index is 0.105. The molecule has 0 saturated heterocycles. The van der Waals surface area contributed by atoms with Gasteiger partial charge in [0.05, 0.1) is 9.67 Å². The van der Waals surface area contributed by atoms with Gasteiger partial charge in [0.15, 0.2) is 5.78 Å². The molecule has 22 heavy (non-hydrogen) atoms. The zero-order valence-electron chi connectivity index (χ0n) is 13.1. The Balaban J connectivity index is 1.87. The molecule has 1 aliphatic carbocycles. The molecule has 0 spiro atoms. The van der Waals surface area contributed by atoms with E-state index in [-0.39, 0.29) is 5.78 Å². The van der Waals surface area contributed by atoms with Crippen LogP contribution in [0.1, 0.15) is 49.9 Å². The SMILES string of the molecule is CC(=O)c1ccc2c(I)c(O[C@H]3CC[C@@H](C)CC3)ccc2c1. The van der Waals surface area contributed by atoms with Crippen molar-refractivity contribution < 1.29 is 9.53 Å². The molecular weight excluding hydrogens is 387 g/mol. The highest BCUT2D eigenvalue weighted by atomic mass is 127. The molecule has 1 fully saturated rings. The van der Waals surface area contributed by atoms with E-state index in [1.165, 1.54) is 12.8 Å². The van der Waals surface area contributed by atoms with Crippen LogP contribution < -0.4 is 4.74 Å². The number of Topliss-reactive ketones (excluding diaryl/α,β-unsaturated/α-hetero) is 1. The van der Waals surface area contributed by atoms with Crippen LogP contribution in [-0.2, 0) is 0 Å². The number of rotatable bonds is 3. The van der Waals surface area contributed by atoms with E-state index in [1.54, 1.807) is 6.92 Å². The minimum absolute atomic E-state index is 0.105. The van der Waals surface area contributed by atoms with E-state index in [4.69, 9.17) is 4.74 Å². The van der Waals surface area contributed by atoms with Crippen molar-refractivity contribution in [3.63, 3.8) is 0 Å². The van der Waals surface area contributed by atoms with Crippen LogP contribution in [0.2, 0.25) is 0 Å². The largest absolute Gasteiger partial charge is 0.489 e. The summed E-state index contributed by atoms with van der Waals surface area (Å²) in [7, 11) is 0. The third-order valence-corrected chi connectivity index (χ3v) is 5.69. The highest BCUT2D eigenvalue weighted by molar-refractivity contribution is 14.1. The molecule has 2 nitrogen and oxygen atoms in total. The number of fused-ring (bicyclic) bond motifs is 1. The van der Waals surface area contributed by atoms with E-state index in [2.05, 4.69) is 35.6 Å². The second-order valence-corrected chi connectivity index (χ2v) is 7.45. The van der Waals surface area contributed by atoms with Crippen LogP contribution in [0, 0.1) is 9.49 Å². The molecule has 0 atom stereocenters. The number of carbonyl (C=O) groups excluding carboxylic acids is 1. The van der Waals surface area contributed by atoms with Crippen LogP contribution in [0.4, 0.5) is 0 Å². The number of ether oxygens (including phenoxy) is 1. The molecule has 2 aromatic rings. The van der Waals surface area contributed by atoms with Crippen molar-refractivity contribution in [2.75, 3.05) is 0 Å². The van der Waals surface area contributed by atoms with E-state index >= 15 is 0 Å². The Bertz CT molecular complexity index is 700. The molecule has 1 aliphatic rings. The lowest BCUT2D eigenvalue weighted by molar-refractivity contribution is 0.101. The summed E-state index contributed by atoms with van der Waals surface area (Å²) in [6, 6.07) is 10.0. The van der Waals surface area contributed by atoms with Gasteiger partial charge in [-0.2, -0.15) is 0 Å². The number of carbonyl (C=O) groups is 1. The first-order valence-corrected chi connectivity index (χ1v) is 9.02. The van der Waals surface area contributed by atoms with Gasteiger partial charge >= 0.3 is 0 Å². The Morgan fingerprint density at radius 1 is 1.14 bits per heavy atom. The Labute approximate surface area is 145 Å². The molecule has 3 rings (SSSR count). The fraction of sp³-hybridized carbons (Fsp3) is 0.421. The van der Waals surface area contributed by atoms with Gasteiger partial charge in [0.2, 0.25) is 0 Å².